The normalized spacial score (nSPS) is 18.5. The Morgan fingerprint density at radius 2 is 1.94 bits per heavy atom. The highest BCUT2D eigenvalue weighted by atomic mass is 19.1. The Morgan fingerprint density at radius 3 is 2.56 bits per heavy atom. The van der Waals surface area contributed by atoms with Gasteiger partial charge in [-0.3, -0.25) is 4.79 Å². The molecule has 0 spiro atoms. The van der Waals surface area contributed by atoms with Crippen LogP contribution in [-0.2, 0) is 4.79 Å². The van der Waals surface area contributed by atoms with Crippen molar-refractivity contribution in [2.24, 2.45) is 5.92 Å². The van der Waals surface area contributed by atoms with Crippen molar-refractivity contribution in [3.8, 4) is 0 Å². The molecular weight excluding hydrogens is 231 g/mol. The highest BCUT2D eigenvalue weighted by molar-refractivity contribution is 5.68. The molecule has 0 heterocycles. The lowest BCUT2D eigenvalue weighted by atomic mass is 9.75. The van der Waals surface area contributed by atoms with Crippen molar-refractivity contribution in [3.63, 3.8) is 0 Å². The molecule has 1 fully saturated rings. The van der Waals surface area contributed by atoms with Gasteiger partial charge in [-0.1, -0.05) is 37.5 Å². The van der Waals surface area contributed by atoms with Gasteiger partial charge < -0.3 is 5.11 Å². The fourth-order valence-corrected chi connectivity index (χ4v) is 3.03. The fraction of sp³-hybridized carbons (Fsp3) is 0.533. The summed E-state index contributed by atoms with van der Waals surface area (Å²) in [5, 5.41) is 9.04. The first-order valence-electron chi connectivity index (χ1n) is 6.64. The second kappa shape index (κ2) is 5.98. The zero-order valence-electron chi connectivity index (χ0n) is 10.4. The van der Waals surface area contributed by atoms with Crippen LogP contribution >= 0.6 is 0 Å². The summed E-state index contributed by atoms with van der Waals surface area (Å²) in [5.41, 5.74) is 0.576. The summed E-state index contributed by atoms with van der Waals surface area (Å²) in [5.74, 6) is -0.973. The third-order valence-corrected chi connectivity index (χ3v) is 3.92. The summed E-state index contributed by atoms with van der Waals surface area (Å²) in [6.45, 7) is 0. The van der Waals surface area contributed by atoms with Crippen LogP contribution in [0.5, 0.6) is 0 Å². The van der Waals surface area contributed by atoms with Crippen LogP contribution in [0.4, 0.5) is 4.39 Å². The fourth-order valence-electron chi connectivity index (χ4n) is 3.03. The van der Waals surface area contributed by atoms with Gasteiger partial charge in [-0.05, 0) is 30.4 Å². The third kappa shape index (κ3) is 3.09. The Hall–Kier alpha value is -1.38. The van der Waals surface area contributed by atoms with Crippen molar-refractivity contribution in [3.05, 3.63) is 35.6 Å². The summed E-state index contributed by atoms with van der Waals surface area (Å²) in [4.78, 5) is 11.0. The minimum Gasteiger partial charge on any atom is -0.481 e. The van der Waals surface area contributed by atoms with Gasteiger partial charge >= 0.3 is 5.97 Å². The smallest absolute Gasteiger partial charge is 0.303 e. The van der Waals surface area contributed by atoms with Crippen LogP contribution < -0.4 is 0 Å². The molecule has 98 valence electrons. The second-order valence-electron chi connectivity index (χ2n) is 5.12. The maximum absolute atomic E-state index is 13.9. The molecule has 0 bridgehead atoms. The lowest BCUT2D eigenvalue weighted by Crippen LogP contribution is -2.20. The van der Waals surface area contributed by atoms with Crippen molar-refractivity contribution >= 4 is 5.97 Å². The topological polar surface area (TPSA) is 37.3 Å². The molecule has 0 aliphatic heterocycles. The minimum atomic E-state index is -0.839. The predicted octanol–water partition coefficient (Wildman–Crippen LogP) is 3.96. The van der Waals surface area contributed by atoms with Gasteiger partial charge in [-0.25, -0.2) is 4.39 Å². The molecule has 0 radical (unpaired) electrons. The van der Waals surface area contributed by atoms with Crippen LogP contribution in [0.2, 0.25) is 0 Å². The number of carboxylic acids is 1. The average molecular weight is 250 g/mol. The SMILES string of the molecule is O=C(O)CC(c1ccccc1F)C1CCCCC1. The molecule has 1 unspecified atom stereocenters. The van der Waals surface area contributed by atoms with Gasteiger partial charge in [0.25, 0.3) is 0 Å². The minimum absolute atomic E-state index is 0.0333. The highest BCUT2D eigenvalue weighted by Crippen LogP contribution is 2.38. The standard InChI is InChI=1S/C15H19FO2/c16-14-9-5-4-8-12(14)13(10-15(17)18)11-6-2-1-3-7-11/h4-5,8-9,11,13H,1-3,6-7,10H2,(H,17,18). The van der Waals surface area contributed by atoms with Gasteiger partial charge in [0.2, 0.25) is 0 Å². The maximum atomic E-state index is 13.9. The Balaban J connectivity index is 2.24. The molecule has 2 nitrogen and oxygen atoms in total. The van der Waals surface area contributed by atoms with Crippen LogP contribution in [0.1, 0.15) is 50.0 Å². The van der Waals surface area contributed by atoms with Crippen molar-refractivity contribution < 1.29 is 14.3 Å². The van der Waals surface area contributed by atoms with E-state index in [2.05, 4.69) is 0 Å². The molecule has 3 heteroatoms. The number of aliphatic carboxylic acids is 1. The van der Waals surface area contributed by atoms with Crippen molar-refractivity contribution in [1.82, 2.24) is 0 Å². The Morgan fingerprint density at radius 1 is 1.28 bits per heavy atom. The molecule has 2 rings (SSSR count). The lowest BCUT2D eigenvalue weighted by Gasteiger charge is -2.29. The Labute approximate surface area is 107 Å². The monoisotopic (exact) mass is 250 g/mol. The molecule has 1 N–H and O–H groups in total. The van der Waals surface area contributed by atoms with Crippen molar-refractivity contribution in [1.29, 1.82) is 0 Å². The van der Waals surface area contributed by atoms with E-state index in [0.29, 0.717) is 11.5 Å². The second-order valence-corrected chi connectivity index (χ2v) is 5.12. The molecule has 0 aromatic heterocycles. The quantitative estimate of drug-likeness (QED) is 0.878. The van der Waals surface area contributed by atoms with E-state index in [0.717, 1.165) is 25.7 Å². The van der Waals surface area contributed by atoms with Crippen molar-refractivity contribution in [2.45, 2.75) is 44.4 Å². The van der Waals surface area contributed by atoms with E-state index in [4.69, 9.17) is 5.11 Å². The van der Waals surface area contributed by atoms with E-state index >= 15 is 0 Å². The zero-order chi connectivity index (χ0) is 13.0. The molecule has 1 aromatic carbocycles. The maximum Gasteiger partial charge on any atom is 0.303 e. The molecule has 18 heavy (non-hydrogen) atoms. The molecule has 1 saturated carbocycles. The lowest BCUT2D eigenvalue weighted by molar-refractivity contribution is -0.137. The summed E-state index contributed by atoms with van der Waals surface area (Å²) in [6.07, 6.45) is 5.56. The van der Waals surface area contributed by atoms with Gasteiger partial charge in [0, 0.05) is 5.92 Å². The summed E-state index contributed by atoms with van der Waals surface area (Å²) in [7, 11) is 0. The third-order valence-electron chi connectivity index (χ3n) is 3.92. The molecular formula is C15H19FO2. The van der Waals surface area contributed by atoms with E-state index in [1.165, 1.54) is 12.5 Å². The Bertz CT molecular complexity index is 411. The zero-order valence-corrected chi connectivity index (χ0v) is 10.4. The number of hydrogen-bond donors (Lipinski definition) is 1. The van der Waals surface area contributed by atoms with E-state index in [9.17, 15) is 9.18 Å². The first-order valence-corrected chi connectivity index (χ1v) is 6.64. The molecule has 1 aliphatic rings. The Kier molecular flexibility index (Phi) is 4.34. The van der Waals surface area contributed by atoms with Gasteiger partial charge in [0.1, 0.15) is 5.82 Å². The number of rotatable bonds is 4. The van der Waals surface area contributed by atoms with Gasteiger partial charge in [0.05, 0.1) is 6.42 Å². The summed E-state index contributed by atoms with van der Waals surface area (Å²) >= 11 is 0. The van der Waals surface area contributed by atoms with Gasteiger partial charge in [-0.2, -0.15) is 0 Å². The van der Waals surface area contributed by atoms with E-state index in [-0.39, 0.29) is 18.2 Å². The number of hydrogen-bond acceptors (Lipinski definition) is 1. The van der Waals surface area contributed by atoms with Crippen molar-refractivity contribution in [2.75, 3.05) is 0 Å². The molecule has 0 saturated heterocycles. The first-order chi connectivity index (χ1) is 8.68. The molecule has 1 aromatic rings. The van der Waals surface area contributed by atoms with Crippen LogP contribution in [0.15, 0.2) is 24.3 Å². The van der Waals surface area contributed by atoms with Crippen LogP contribution in [-0.4, -0.2) is 11.1 Å². The van der Waals surface area contributed by atoms with Crippen LogP contribution in [0.25, 0.3) is 0 Å². The molecule has 1 aliphatic carbocycles. The number of halogens is 1. The van der Waals surface area contributed by atoms with Gasteiger partial charge in [-0.15, -0.1) is 0 Å². The van der Waals surface area contributed by atoms with E-state index in [1.807, 2.05) is 0 Å². The van der Waals surface area contributed by atoms with Crippen LogP contribution in [0.3, 0.4) is 0 Å². The number of carbonyl (C=O) groups is 1. The number of benzene rings is 1. The summed E-state index contributed by atoms with van der Waals surface area (Å²) < 4.78 is 13.9. The number of carboxylic acid groups (broad SMARTS) is 1. The first kappa shape index (κ1) is 13.1. The largest absolute Gasteiger partial charge is 0.481 e. The average Bonchev–Trinajstić information content (AvgIpc) is 2.38. The molecule has 0 amide bonds. The summed E-state index contributed by atoms with van der Waals surface area (Å²) in [6, 6.07) is 6.60. The van der Waals surface area contributed by atoms with E-state index in [1.54, 1.807) is 18.2 Å². The molecule has 1 atom stereocenters. The van der Waals surface area contributed by atoms with Gasteiger partial charge in [0.15, 0.2) is 0 Å². The van der Waals surface area contributed by atoms with E-state index < -0.39 is 5.97 Å². The van der Waals surface area contributed by atoms with Crippen LogP contribution in [0, 0.1) is 11.7 Å². The predicted molar refractivity (Wildman–Crippen MR) is 68.0 cm³/mol. The highest BCUT2D eigenvalue weighted by Gasteiger charge is 2.28.